The van der Waals surface area contributed by atoms with Crippen molar-refractivity contribution in [2.45, 2.75) is 51.1 Å². The molecule has 2 atom stereocenters. The van der Waals surface area contributed by atoms with Crippen molar-refractivity contribution in [2.75, 3.05) is 13.1 Å². The minimum atomic E-state index is -0.403. The summed E-state index contributed by atoms with van der Waals surface area (Å²) < 4.78 is 16.1. The van der Waals surface area contributed by atoms with Gasteiger partial charge in [0.15, 0.2) is 5.65 Å². The lowest BCUT2D eigenvalue weighted by Crippen LogP contribution is -2.22. The number of hydrogen-bond donors (Lipinski definition) is 2. The Bertz CT molecular complexity index is 1130. The van der Waals surface area contributed by atoms with Crippen molar-refractivity contribution in [3.8, 4) is 5.75 Å². The summed E-state index contributed by atoms with van der Waals surface area (Å²) in [6, 6.07) is 4.59. The molecule has 1 saturated carbocycles. The first-order valence-corrected chi connectivity index (χ1v) is 10.7. The zero-order valence-corrected chi connectivity index (χ0v) is 17.0. The van der Waals surface area contributed by atoms with Gasteiger partial charge >= 0.3 is 0 Å². The van der Waals surface area contributed by atoms with Gasteiger partial charge in [0.1, 0.15) is 22.8 Å². The van der Waals surface area contributed by atoms with Crippen LogP contribution >= 0.6 is 0 Å². The van der Waals surface area contributed by atoms with Gasteiger partial charge in [-0.1, -0.05) is 25.8 Å². The van der Waals surface area contributed by atoms with Crippen LogP contribution < -0.4 is 5.56 Å². The standard InChI is InChI=1S/C22H26FN5O2/c1-13-10-27(11-14-6-7-16(29)8-19(14)23)12-18(13)20-25-21-17(22(30)26-20)9-24-28(21)15-4-2-3-5-15/h6-9,13,15,18,29H,2-5,10-12H2,1H3,(H,25,26,30)/t13-,18-/m1/s1. The van der Waals surface area contributed by atoms with Gasteiger partial charge in [0, 0.05) is 37.2 Å². The number of fused-ring (bicyclic) bond motifs is 1. The van der Waals surface area contributed by atoms with Gasteiger partial charge in [0.2, 0.25) is 0 Å². The molecule has 3 heterocycles. The molecule has 3 aromatic rings. The average Bonchev–Trinajstić information content (AvgIpc) is 3.43. The molecular weight excluding hydrogens is 385 g/mol. The van der Waals surface area contributed by atoms with Crippen LogP contribution in [0.25, 0.3) is 11.0 Å². The van der Waals surface area contributed by atoms with Crippen LogP contribution in [0.15, 0.2) is 29.2 Å². The summed E-state index contributed by atoms with van der Waals surface area (Å²) in [6.07, 6.45) is 6.15. The molecule has 30 heavy (non-hydrogen) atoms. The van der Waals surface area contributed by atoms with Gasteiger partial charge in [-0.3, -0.25) is 9.69 Å². The number of rotatable bonds is 4. The normalized spacial score (nSPS) is 23.0. The van der Waals surface area contributed by atoms with Crippen molar-refractivity contribution in [1.82, 2.24) is 24.6 Å². The van der Waals surface area contributed by atoms with E-state index in [9.17, 15) is 14.3 Å². The molecule has 1 aliphatic carbocycles. The second-order valence-corrected chi connectivity index (χ2v) is 8.77. The molecule has 2 aromatic heterocycles. The van der Waals surface area contributed by atoms with Crippen LogP contribution in [0, 0.1) is 11.7 Å². The maximum Gasteiger partial charge on any atom is 0.262 e. The van der Waals surface area contributed by atoms with Crippen LogP contribution in [0.4, 0.5) is 4.39 Å². The molecule has 1 aliphatic heterocycles. The molecule has 0 unspecified atom stereocenters. The zero-order valence-electron chi connectivity index (χ0n) is 17.0. The highest BCUT2D eigenvalue weighted by molar-refractivity contribution is 5.73. The Labute approximate surface area is 173 Å². The number of nitrogens with zero attached hydrogens (tertiary/aromatic N) is 4. The van der Waals surface area contributed by atoms with Crippen LogP contribution in [-0.2, 0) is 6.54 Å². The number of aromatic nitrogens is 4. The fourth-order valence-electron chi connectivity index (χ4n) is 5.00. The number of halogens is 1. The lowest BCUT2D eigenvalue weighted by molar-refractivity contribution is 0.312. The molecule has 2 aliphatic rings. The monoisotopic (exact) mass is 411 g/mol. The lowest BCUT2D eigenvalue weighted by Gasteiger charge is -2.17. The first-order valence-electron chi connectivity index (χ1n) is 10.7. The van der Waals surface area contributed by atoms with E-state index in [0.29, 0.717) is 41.6 Å². The van der Waals surface area contributed by atoms with Crippen LogP contribution in [0.5, 0.6) is 5.75 Å². The van der Waals surface area contributed by atoms with Gasteiger partial charge in [-0.2, -0.15) is 5.10 Å². The van der Waals surface area contributed by atoms with E-state index in [4.69, 9.17) is 4.98 Å². The Kier molecular flexibility index (Phi) is 4.81. The van der Waals surface area contributed by atoms with Gasteiger partial charge in [-0.05, 0) is 24.8 Å². The van der Waals surface area contributed by atoms with Crippen molar-refractivity contribution in [3.63, 3.8) is 0 Å². The molecular formula is C22H26FN5O2. The van der Waals surface area contributed by atoms with Gasteiger partial charge in [0.05, 0.1) is 12.2 Å². The number of hydrogen-bond acceptors (Lipinski definition) is 5. The molecule has 7 nitrogen and oxygen atoms in total. The Hall–Kier alpha value is -2.74. The minimum Gasteiger partial charge on any atom is -0.508 e. The van der Waals surface area contributed by atoms with Crippen LogP contribution in [0.2, 0.25) is 0 Å². The van der Waals surface area contributed by atoms with Crippen molar-refractivity contribution in [3.05, 3.63) is 52.0 Å². The van der Waals surface area contributed by atoms with E-state index in [2.05, 4.69) is 21.9 Å². The van der Waals surface area contributed by atoms with Crippen molar-refractivity contribution in [2.24, 2.45) is 5.92 Å². The molecule has 158 valence electrons. The van der Waals surface area contributed by atoms with Gasteiger partial charge in [-0.15, -0.1) is 0 Å². The molecule has 0 spiro atoms. The summed E-state index contributed by atoms with van der Waals surface area (Å²) in [5.74, 6) is 0.550. The highest BCUT2D eigenvalue weighted by atomic mass is 19.1. The largest absolute Gasteiger partial charge is 0.508 e. The van der Waals surface area contributed by atoms with Gasteiger partial charge < -0.3 is 10.1 Å². The average molecular weight is 411 g/mol. The van der Waals surface area contributed by atoms with Crippen molar-refractivity contribution >= 4 is 11.0 Å². The summed E-state index contributed by atoms with van der Waals surface area (Å²) >= 11 is 0. The molecule has 5 rings (SSSR count). The predicted octanol–water partition coefficient (Wildman–Crippen LogP) is 3.31. The second kappa shape index (κ2) is 7.50. The van der Waals surface area contributed by atoms with Crippen molar-refractivity contribution in [1.29, 1.82) is 0 Å². The van der Waals surface area contributed by atoms with Gasteiger partial charge in [-0.25, -0.2) is 14.1 Å². The number of aromatic hydroxyl groups is 1. The Morgan fingerprint density at radius 2 is 2.07 bits per heavy atom. The van der Waals surface area contributed by atoms with E-state index in [0.717, 1.165) is 25.5 Å². The Balaban J connectivity index is 1.42. The fourth-order valence-corrected chi connectivity index (χ4v) is 5.00. The second-order valence-electron chi connectivity index (χ2n) is 8.77. The summed E-state index contributed by atoms with van der Waals surface area (Å²) in [5.41, 5.74) is 1.09. The Morgan fingerprint density at radius 1 is 1.27 bits per heavy atom. The number of benzene rings is 1. The van der Waals surface area contributed by atoms with Crippen LogP contribution in [0.1, 0.15) is 56.0 Å². The minimum absolute atomic E-state index is 0.0641. The fraction of sp³-hybridized carbons (Fsp3) is 0.500. The number of H-pyrrole nitrogens is 1. The molecule has 1 saturated heterocycles. The topological polar surface area (TPSA) is 87.0 Å². The van der Waals surface area contributed by atoms with E-state index in [-0.39, 0.29) is 23.1 Å². The van der Waals surface area contributed by atoms with Crippen LogP contribution in [0.3, 0.4) is 0 Å². The van der Waals surface area contributed by atoms with E-state index >= 15 is 0 Å². The molecule has 0 amide bonds. The third kappa shape index (κ3) is 3.39. The molecule has 0 bridgehead atoms. The molecule has 8 heteroatoms. The van der Waals surface area contributed by atoms with Crippen LogP contribution in [-0.4, -0.2) is 42.8 Å². The first-order chi connectivity index (χ1) is 14.5. The van der Waals surface area contributed by atoms with E-state index in [1.165, 1.54) is 18.9 Å². The number of phenolic OH excluding ortho intramolecular Hbond substituents is 1. The third-order valence-electron chi connectivity index (χ3n) is 6.62. The van der Waals surface area contributed by atoms with Gasteiger partial charge in [0.25, 0.3) is 5.56 Å². The molecule has 1 aromatic carbocycles. The summed E-state index contributed by atoms with van der Waals surface area (Å²) in [6.45, 7) is 4.07. The first kappa shape index (κ1) is 19.2. The van der Waals surface area contributed by atoms with E-state index in [1.807, 2.05) is 4.68 Å². The lowest BCUT2D eigenvalue weighted by atomic mass is 9.97. The predicted molar refractivity (Wildman–Crippen MR) is 111 cm³/mol. The van der Waals surface area contributed by atoms with Crippen molar-refractivity contribution < 1.29 is 9.50 Å². The number of aromatic amines is 1. The number of phenols is 1. The summed E-state index contributed by atoms with van der Waals surface area (Å²) in [7, 11) is 0. The highest BCUT2D eigenvalue weighted by Gasteiger charge is 2.33. The highest BCUT2D eigenvalue weighted by Crippen LogP contribution is 2.33. The maximum atomic E-state index is 14.1. The van der Waals surface area contributed by atoms with E-state index in [1.54, 1.807) is 12.3 Å². The smallest absolute Gasteiger partial charge is 0.262 e. The maximum absolute atomic E-state index is 14.1. The van der Waals surface area contributed by atoms with E-state index < -0.39 is 5.82 Å². The summed E-state index contributed by atoms with van der Waals surface area (Å²) in [5, 5.41) is 14.4. The molecule has 2 fully saturated rings. The number of nitrogens with one attached hydrogen (secondary N) is 1. The number of likely N-dealkylation sites (tertiary alicyclic amines) is 1. The SMILES string of the molecule is C[C@@H]1CN(Cc2ccc(O)cc2F)C[C@H]1c1nc2c(cnn2C2CCCC2)c(=O)[nH]1. The Morgan fingerprint density at radius 3 is 2.83 bits per heavy atom. The molecule has 2 N–H and O–H groups in total. The third-order valence-corrected chi connectivity index (χ3v) is 6.62. The quantitative estimate of drug-likeness (QED) is 0.688. The summed E-state index contributed by atoms with van der Waals surface area (Å²) in [4.78, 5) is 22.7. The zero-order chi connectivity index (χ0) is 20.8. The molecule has 0 radical (unpaired) electrons.